The standard InChI is InChI=1S/C43H52N4O6/c1-31(2)26-27-44-40(48)21-13-11-19-36-18-10-12-20-38(36)46-41(49)32(3)45-42(50)39(47-43(51)53-30-35-16-8-5-9-17-35)28-33-22-24-37(25-23-33)52-29-34-14-6-4-7-15-34/h4-10,12,14-18,20,22-25,31-32,39H,11,13,19,21,26-30H2,1-3H3,(H,44,48)(H,45,50)(H,46,49)(H,47,51)/t32-,39+/m1/s1. The molecule has 0 bridgehead atoms. The van der Waals surface area contributed by atoms with E-state index in [1.165, 1.54) is 0 Å². The lowest BCUT2D eigenvalue weighted by atomic mass is 10.0. The van der Waals surface area contributed by atoms with E-state index in [1.807, 2.05) is 109 Å². The first-order valence-electron chi connectivity index (χ1n) is 18.3. The van der Waals surface area contributed by atoms with E-state index in [0.717, 1.165) is 41.5 Å². The first-order chi connectivity index (χ1) is 25.7. The lowest BCUT2D eigenvalue weighted by Gasteiger charge is -2.22. The van der Waals surface area contributed by atoms with Crippen molar-refractivity contribution in [3.05, 3.63) is 131 Å². The number of alkyl carbamates (subject to hydrolysis) is 1. The molecule has 0 spiro atoms. The van der Waals surface area contributed by atoms with Crippen molar-refractivity contribution < 1.29 is 28.7 Å². The molecular weight excluding hydrogens is 668 g/mol. The van der Waals surface area contributed by atoms with Crippen LogP contribution in [0.2, 0.25) is 0 Å². The molecule has 0 aliphatic heterocycles. The molecule has 0 fully saturated rings. The van der Waals surface area contributed by atoms with E-state index in [4.69, 9.17) is 9.47 Å². The molecule has 4 aromatic carbocycles. The zero-order chi connectivity index (χ0) is 37.8. The van der Waals surface area contributed by atoms with Crippen LogP contribution in [0, 0.1) is 5.92 Å². The Morgan fingerprint density at radius 2 is 1.30 bits per heavy atom. The van der Waals surface area contributed by atoms with Crippen molar-refractivity contribution in [1.82, 2.24) is 16.0 Å². The zero-order valence-electron chi connectivity index (χ0n) is 30.9. The van der Waals surface area contributed by atoms with Crippen LogP contribution in [-0.2, 0) is 45.2 Å². The third-order valence-electron chi connectivity index (χ3n) is 8.60. The number of hydrogen-bond donors (Lipinski definition) is 4. The van der Waals surface area contributed by atoms with Crippen LogP contribution in [-0.4, -0.2) is 42.4 Å². The molecule has 0 aliphatic rings. The van der Waals surface area contributed by atoms with Gasteiger partial charge in [-0.15, -0.1) is 0 Å². The second kappa shape index (κ2) is 21.7. The Hall–Kier alpha value is -5.64. The second-order valence-electron chi connectivity index (χ2n) is 13.5. The maximum atomic E-state index is 13.6. The van der Waals surface area contributed by atoms with E-state index in [0.29, 0.717) is 43.3 Å². The van der Waals surface area contributed by atoms with Gasteiger partial charge >= 0.3 is 6.09 Å². The highest BCUT2D eigenvalue weighted by Gasteiger charge is 2.26. The van der Waals surface area contributed by atoms with Gasteiger partial charge in [-0.2, -0.15) is 0 Å². The zero-order valence-corrected chi connectivity index (χ0v) is 30.9. The van der Waals surface area contributed by atoms with E-state index in [9.17, 15) is 19.2 Å². The maximum Gasteiger partial charge on any atom is 0.408 e. The number of aryl methyl sites for hydroxylation is 1. The number of carbonyl (C=O) groups excluding carboxylic acids is 4. The summed E-state index contributed by atoms with van der Waals surface area (Å²) in [6.45, 7) is 7.00. The van der Waals surface area contributed by atoms with Gasteiger partial charge in [-0.1, -0.05) is 105 Å². The van der Waals surface area contributed by atoms with Crippen LogP contribution >= 0.6 is 0 Å². The van der Waals surface area contributed by atoms with Crippen molar-refractivity contribution in [2.45, 2.75) is 84.6 Å². The number of hydrogen-bond acceptors (Lipinski definition) is 6. The number of rotatable bonds is 20. The number of amides is 4. The molecule has 0 radical (unpaired) electrons. The Kier molecular flexibility index (Phi) is 16.4. The number of nitrogens with one attached hydrogen (secondary N) is 4. The summed E-state index contributed by atoms with van der Waals surface area (Å²) in [5.41, 5.74) is 4.22. The third kappa shape index (κ3) is 14.9. The third-order valence-corrected chi connectivity index (χ3v) is 8.60. The van der Waals surface area contributed by atoms with Crippen molar-refractivity contribution in [2.24, 2.45) is 5.92 Å². The monoisotopic (exact) mass is 720 g/mol. The van der Waals surface area contributed by atoms with Crippen molar-refractivity contribution >= 4 is 29.5 Å². The fourth-order valence-corrected chi connectivity index (χ4v) is 5.49. The molecule has 53 heavy (non-hydrogen) atoms. The number of ether oxygens (including phenoxy) is 2. The van der Waals surface area contributed by atoms with E-state index in [2.05, 4.69) is 35.1 Å². The molecule has 4 amide bonds. The summed E-state index contributed by atoms with van der Waals surface area (Å²) in [5, 5.41) is 11.4. The van der Waals surface area contributed by atoms with Gasteiger partial charge in [0.1, 0.15) is 31.0 Å². The van der Waals surface area contributed by atoms with Crippen LogP contribution in [0.4, 0.5) is 10.5 Å². The van der Waals surface area contributed by atoms with Crippen LogP contribution in [0.1, 0.15) is 68.7 Å². The minimum Gasteiger partial charge on any atom is -0.489 e. The van der Waals surface area contributed by atoms with Crippen LogP contribution in [0.3, 0.4) is 0 Å². The maximum absolute atomic E-state index is 13.6. The van der Waals surface area contributed by atoms with Gasteiger partial charge in [0.2, 0.25) is 17.7 Å². The van der Waals surface area contributed by atoms with E-state index >= 15 is 0 Å². The molecule has 0 saturated heterocycles. The summed E-state index contributed by atoms with van der Waals surface area (Å²) in [6, 6.07) is 32.0. The molecule has 4 rings (SSSR count). The topological polar surface area (TPSA) is 135 Å². The molecule has 0 aromatic heterocycles. The number of benzene rings is 4. The molecule has 280 valence electrons. The van der Waals surface area contributed by atoms with Crippen LogP contribution in [0.15, 0.2) is 109 Å². The average Bonchev–Trinajstić information content (AvgIpc) is 3.16. The molecule has 0 heterocycles. The van der Waals surface area contributed by atoms with Crippen molar-refractivity contribution in [3.8, 4) is 5.75 Å². The Bertz CT molecular complexity index is 1730. The Balaban J connectivity index is 1.33. The Labute approximate surface area is 313 Å². The van der Waals surface area contributed by atoms with Crippen LogP contribution < -0.4 is 26.0 Å². The van der Waals surface area contributed by atoms with Gasteiger partial charge in [-0.05, 0) is 79.0 Å². The van der Waals surface area contributed by atoms with Gasteiger partial charge in [-0.25, -0.2) is 4.79 Å². The lowest BCUT2D eigenvalue weighted by molar-refractivity contribution is -0.127. The number of para-hydroxylation sites is 1. The van der Waals surface area contributed by atoms with E-state index in [1.54, 1.807) is 6.92 Å². The predicted octanol–water partition coefficient (Wildman–Crippen LogP) is 7.12. The van der Waals surface area contributed by atoms with Gasteiger partial charge in [0.15, 0.2) is 0 Å². The van der Waals surface area contributed by atoms with E-state index in [-0.39, 0.29) is 18.9 Å². The Morgan fingerprint density at radius 1 is 0.660 bits per heavy atom. The molecule has 10 nitrogen and oxygen atoms in total. The van der Waals surface area contributed by atoms with E-state index < -0.39 is 30.0 Å². The van der Waals surface area contributed by atoms with Gasteiger partial charge < -0.3 is 30.7 Å². The van der Waals surface area contributed by atoms with Gasteiger partial charge in [0.05, 0.1) is 0 Å². The van der Waals surface area contributed by atoms with Crippen molar-refractivity contribution in [1.29, 1.82) is 0 Å². The summed E-state index contributed by atoms with van der Waals surface area (Å²) in [6.07, 6.45) is 3.00. The molecular formula is C43H52N4O6. The molecule has 2 atom stereocenters. The SMILES string of the molecule is CC(C)CCNC(=O)CCCCc1ccccc1NC(=O)[C@@H](C)NC(=O)[C@H](Cc1ccc(OCc2ccccc2)cc1)NC(=O)OCc1ccccc1. The molecule has 4 aromatic rings. The molecule has 0 saturated carbocycles. The minimum absolute atomic E-state index is 0.0399. The van der Waals surface area contributed by atoms with Crippen LogP contribution in [0.5, 0.6) is 5.75 Å². The molecule has 4 N–H and O–H groups in total. The fourth-order valence-electron chi connectivity index (χ4n) is 5.49. The Morgan fingerprint density at radius 3 is 1.98 bits per heavy atom. The summed E-state index contributed by atoms with van der Waals surface area (Å²) in [4.78, 5) is 52.0. The fraction of sp³-hybridized carbons (Fsp3) is 0.349. The largest absolute Gasteiger partial charge is 0.489 e. The highest BCUT2D eigenvalue weighted by molar-refractivity contribution is 5.98. The average molecular weight is 721 g/mol. The smallest absolute Gasteiger partial charge is 0.408 e. The quantitative estimate of drug-likeness (QED) is 0.0719. The summed E-state index contributed by atoms with van der Waals surface area (Å²) in [7, 11) is 0. The highest BCUT2D eigenvalue weighted by Crippen LogP contribution is 2.19. The second-order valence-corrected chi connectivity index (χ2v) is 13.5. The summed E-state index contributed by atoms with van der Waals surface area (Å²) in [5.74, 6) is 0.329. The van der Waals surface area contributed by atoms with Crippen molar-refractivity contribution in [3.63, 3.8) is 0 Å². The first-order valence-corrected chi connectivity index (χ1v) is 18.3. The first kappa shape index (κ1) is 40.1. The van der Waals surface area contributed by atoms with Gasteiger partial charge in [0, 0.05) is 25.1 Å². The van der Waals surface area contributed by atoms with Gasteiger partial charge in [-0.3, -0.25) is 14.4 Å². The number of unbranched alkanes of at least 4 members (excludes halogenated alkanes) is 1. The minimum atomic E-state index is -1.03. The molecule has 10 heteroatoms. The van der Waals surface area contributed by atoms with Crippen molar-refractivity contribution in [2.75, 3.05) is 11.9 Å². The molecule has 0 aliphatic carbocycles. The van der Waals surface area contributed by atoms with Gasteiger partial charge in [0.25, 0.3) is 0 Å². The summed E-state index contributed by atoms with van der Waals surface area (Å²) >= 11 is 0. The highest BCUT2D eigenvalue weighted by atomic mass is 16.5. The lowest BCUT2D eigenvalue weighted by Crippen LogP contribution is -2.52. The normalized spacial score (nSPS) is 11.9. The van der Waals surface area contributed by atoms with Crippen LogP contribution in [0.25, 0.3) is 0 Å². The number of anilines is 1. The predicted molar refractivity (Wildman–Crippen MR) is 207 cm³/mol. The summed E-state index contributed by atoms with van der Waals surface area (Å²) < 4.78 is 11.3. The molecule has 0 unspecified atom stereocenters. The number of carbonyl (C=O) groups is 4.